The number of alkyl halides is 3. The first-order chi connectivity index (χ1) is 13.9. The summed E-state index contributed by atoms with van der Waals surface area (Å²) >= 11 is 0. The summed E-state index contributed by atoms with van der Waals surface area (Å²) in [6, 6.07) is 0. The van der Waals surface area contributed by atoms with Crippen molar-refractivity contribution in [3.05, 3.63) is 0 Å². The minimum absolute atomic E-state index is 0.113. The molecule has 4 rings (SSSR count). The maximum atomic E-state index is 13.0. The van der Waals surface area contributed by atoms with Crippen LogP contribution < -0.4 is 0 Å². The van der Waals surface area contributed by atoms with Crippen LogP contribution in [0, 0.1) is 40.4 Å². The Bertz CT molecular complexity index is 632. The first-order valence-electron chi connectivity index (χ1n) is 12.4. The lowest BCUT2D eigenvalue weighted by atomic mass is 9.44. The number of halogens is 3. The fourth-order valence-electron chi connectivity index (χ4n) is 8.65. The molecular weight excluding hydrogens is 389 g/mol. The van der Waals surface area contributed by atoms with Crippen LogP contribution in [0.5, 0.6) is 0 Å². The van der Waals surface area contributed by atoms with Gasteiger partial charge in [-0.05, 0) is 124 Å². The SMILES string of the molecule is C[C@]12CC[C@H](O)CC1CC[C@@H]1C2CC[C@@]2(C)C1CC[C@@H]2CCC[C@](C)(O)C(F)(F)F. The van der Waals surface area contributed by atoms with Crippen LogP contribution in [0.4, 0.5) is 13.2 Å². The van der Waals surface area contributed by atoms with E-state index in [1.165, 1.54) is 32.1 Å². The van der Waals surface area contributed by atoms with Crippen molar-refractivity contribution in [2.24, 2.45) is 40.4 Å². The van der Waals surface area contributed by atoms with Gasteiger partial charge in [-0.2, -0.15) is 13.2 Å². The van der Waals surface area contributed by atoms with Gasteiger partial charge in [-0.15, -0.1) is 0 Å². The minimum atomic E-state index is -4.55. The van der Waals surface area contributed by atoms with E-state index in [0.29, 0.717) is 29.6 Å². The average Bonchev–Trinajstić information content (AvgIpc) is 2.98. The maximum absolute atomic E-state index is 13.0. The van der Waals surface area contributed by atoms with Crippen molar-refractivity contribution in [2.45, 2.75) is 116 Å². The monoisotopic (exact) mass is 430 g/mol. The Morgan fingerprint density at radius 1 is 0.900 bits per heavy atom. The van der Waals surface area contributed by atoms with Crippen molar-refractivity contribution in [2.75, 3.05) is 0 Å². The number of fused-ring (bicyclic) bond motifs is 5. The summed E-state index contributed by atoms with van der Waals surface area (Å²) < 4.78 is 39.0. The number of hydrogen-bond acceptors (Lipinski definition) is 2. The van der Waals surface area contributed by atoms with Gasteiger partial charge < -0.3 is 10.2 Å². The molecule has 0 aromatic rings. The number of hydrogen-bond donors (Lipinski definition) is 2. The number of rotatable bonds is 4. The molecule has 5 heteroatoms. The highest BCUT2D eigenvalue weighted by molar-refractivity contribution is 5.09. The summed E-state index contributed by atoms with van der Waals surface area (Å²) in [5.41, 5.74) is -1.95. The van der Waals surface area contributed by atoms with Crippen LogP contribution in [-0.4, -0.2) is 28.1 Å². The quantitative estimate of drug-likeness (QED) is 0.535. The lowest BCUT2D eigenvalue weighted by molar-refractivity contribution is -0.255. The summed E-state index contributed by atoms with van der Waals surface area (Å²) in [5, 5.41) is 20.0. The fraction of sp³-hybridized carbons (Fsp3) is 1.00. The minimum Gasteiger partial charge on any atom is -0.393 e. The van der Waals surface area contributed by atoms with Crippen LogP contribution in [0.25, 0.3) is 0 Å². The smallest absolute Gasteiger partial charge is 0.393 e. The third kappa shape index (κ3) is 3.64. The molecule has 3 unspecified atom stereocenters. The van der Waals surface area contributed by atoms with E-state index >= 15 is 0 Å². The number of aliphatic hydroxyl groups excluding tert-OH is 1. The van der Waals surface area contributed by atoms with E-state index in [0.717, 1.165) is 50.9 Å². The molecule has 30 heavy (non-hydrogen) atoms. The Morgan fingerprint density at radius 2 is 1.57 bits per heavy atom. The highest BCUT2D eigenvalue weighted by atomic mass is 19.4. The zero-order valence-corrected chi connectivity index (χ0v) is 19.0. The molecule has 0 aromatic heterocycles. The summed E-state index contributed by atoms with van der Waals surface area (Å²) in [6.45, 7) is 5.83. The highest BCUT2D eigenvalue weighted by Gasteiger charge is 2.60. The zero-order chi connectivity index (χ0) is 21.9. The fourth-order valence-corrected chi connectivity index (χ4v) is 8.65. The summed E-state index contributed by atoms with van der Waals surface area (Å²) in [4.78, 5) is 0. The second kappa shape index (κ2) is 7.64. The summed E-state index contributed by atoms with van der Waals surface area (Å²) in [5.74, 6) is 3.36. The van der Waals surface area contributed by atoms with Gasteiger partial charge in [0, 0.05) is 0 Å². The van der Waals surface area contributed by atoms with Crippen molar-refractivity contribution >= 4 is 0 Å². The van der Waals surface area contributed by atoms with Gasteiger partial charge in [-0.25, -0.2) is 0 Å². The molecule has 0 aliphatic heterocycles. The molecule has 0 aromatic carbocycles. The molecule has 0 bridgehead atoms. The maximum Gasteiger partial charge on any atom is 0.416 e. The predicted octanol–water partition coefficient (Wildman–Crippen LogP) is 6.49. The Balaban J connectivity index is 1.42. The van der Waals surface area contributed by atoms with E-state index in [-0.39, 0.29) is 17.9 Å². The average molecular weight is 431 g/mol. The third-order valence-electron chi connectivity index (χ3n) is 10.7. The van der Waals surface area contributed by atoms with Gasteiger partial charge in [0.05, 0.1) is 6.10 Å². The van der Waals surface area contributed by atoms with Gasteiger partial charge in [0.25, 0.3) is 0 Å². The highest BCUT2D eigenvalue weighted by Crippen LogP contribution is 2.68. The van der Waals surface area contributed by atoms with E-state index in [2.05, 4.69) is 13.8 Å². The van der Waals surface area contributed by atoms with Gasteiger partial charge in [0.1, 0.15) is 0 Å². The van der Waals surface area contributed by atoms with Crippen LogP contribution >= 0.6 is 0 Å². The molecule has 4 saturated carbocycles. The molecule has 0 spiro atoms. The molecule has 4 aliphatic rings. The van der Waals surface area contributed by atoms with Crippen molar-refractivity contribution in [1.29, 1.82) is 0 Å². The Morgan fingerprint density at radius 3 is 2.27 bits per heavy atom. The first kappa shape index (κ1) is 22.9. The van der Waals surface area contributed by atoms with Crippen LogP contribution in [-0.2, 0) is 0 Å². The van der Waals surface area contributed by atoms with Gasteiger partial charge in [-0.1, -0.05) is 13.8 Å². The standard InChI is InChI=1S/C25H41F3O2/c1-22-14-11-21-19(8-6-17-15-18(29)10-13-23(17,21)2)20(22)9-7-16(22)5-4-12-24(3,30)25(26,27)28/h16-21,29-30H,4-15H2,1-3H3/t16-,17?,18-,19-,20?,21?,22+,23-,24-/m0/s1. The second-order valence-electron chi connectivity index (χ2n) is 12.1. The van der Waals surface area contributed by atoms with Crippen LogP contribution in [0.15, 0.2) is 0 Å². The van der Waals surface area contributed by atoms with E-state index in [1.54, 1.807) is 0 Å². The molecule has 4 aliphatic carbocycles. The molecular formula is C25H41F3O2. The van der Waals surface area contributed by atoms with Gasteiger partial charge in [0.15, 0.2) is 5.60 Å². The largest absolute Gasteiger partial charge is 0.416 e. The summed E-state index contributed by atoms with van der Waals surface area (Å²) in [7, 11) is 0. The Hall–Kier alpha value is -0.290. The molecule has 174 valence electrons. The number of aliphatic hydroxyl groups is 2. The topological polar surface area (TPSA) is 40.5 Å². The zero-order valence-electron chi connectivity index (χ0n) is 19.0. The predicted molar refractivity (Wildman–Crippen MR) is 112 cm³/mol. The molecule has 2 N–H and O–H groups in total. The van der Waals surface area contributed by atoms with E-state index < -0.39 is 11.8 Å². The van der Waals surface area contributed by atoms with E-state index in [1.807, 2.05) is 0 Å². The Labute approximate surface area is 180 Å². The lowest BCUT2D eigenvalue weighted by Crippen LogP contribution is -2.53. The first-order valence-corrected chi connectivity index (χ1v) is 12.4. The molecule has 0 heterocycles. The molecule has 2 nitrogen and oxygen atoms in total. The normalized spacial score (nSPS) is 48.4. The van der Waals surface area contributed by atoms with Crippen LogP contribution in [0.1, 0.15) is 97.8 Å². The van der Waals surface area contributed by atoms with Crippen molar-refractivity contribution in [3.63, 3.8) is 0 Å². The molecule has 9 atom stereocenters. The van der Waals surface area contributed by atoms with Crippen molar-refractivity contribution in [1.82, 2.24) is 0 Å². The third-order valence-corrected chi connectivity index (χ3v) is 10.7. The van der Waals surface area contributed by atoms with Crippen molar-refractivity contribution in [3.8, 4) is 0 Å². The van der Waals surface area contributed by atoms with Gasteiger partial charge >= 0.3 is 6.18 Å². The molecule has 4 fully saturated rings. The van der Waals surface area contributed by atoms with Crippen LogP contribution in [0.2, 0.25) is 0 Å². The Kier molecular flexibility index (Phi) is 5.83. The van der Waals surface area contributed by atoms with Crippen LogP contribution in [0.3, 0.4) is 0 Å². The summed E-state index contributed by atoms with van der Waals surface area (Å²) in [6.07, 6.45) is 6.79. The molecule has 0 amide bonds. The van der Waals surface area contributed by atoms with Gasteiger partial charge in [0.2, 0.25) is 0 Å². The van der Waals surface area contributed by atoms with Gasteiger partial charge in [-0.3, -0.25) is 0 Å². The van der Waals surface area contributed by atoms with Crippen molar-refractivity contribution < 1.29 is 23.4 Å². The van der Waals surface area contributed by atoms with E-state index in [4.69, 9.17) is 0 Å². The van der Waals surface area contributed by atoms with E-state index in [9.17, 15) is 23.4 Å². The lowest BCUT2D eigenvalue weighted by Gasteiger charge is -2.61. The molecule has 0 saturated heterocycles. The molecule has 0 radical (unpaired) electrons. The second-order valence-corrected chi connectivity index (χ2v) is 12.1.